The molecule has 0 heterocycles. The number of hydrogen-bond acceptors (Lipinski definition) is 6. The van der Waals surface area contributed by atoms with Gasteiger partial charge in [0, 0.05) is 19.3 Å². The zero-order valence-corrected chi connectivity index (χ0v) is 54.2. The Morgan fingerprint density at radius 3 is 0.783 bits per heavy atom. The Morgan fingerprint density at radius 1 is 0.253 bits per heavy atom. The lowest BCUT2D eigenvalue weighted by Gasteiger charge is -2.18. The lowest BCUT2D eigenvalue weighted by Crippen LogP contribution is -2.30. The minimum absolute atomic E-state index is 0.0985. The largest absolute Gasteiger partial charge is 0.462 e. The molecule has 472 valence electrons. The monoisotopic (exact) mass is 1150 g/mol. The van der Waals surface area contributed by atoms with Crippen LogP contribution in [0.4, 0.5) is 0 Å². The van der Waals surface area contributed by atoms with E-state index in [0.717, 1.165) is 116 Å². The average Bonchev–Trinajstić information content (AvgIpc) is 3.49. The van der Waals surface area contributed by atoms with Gasteiger partial charge in [-0.1, -0.05) is 321 Å². The molecule has 1 atom stereocenters. The minimum Gasteiger partial charge on any atom is -0.462 e. The van der Waals surface area contributed by atoms with Gasteiger partial charge in [-0.25, -0.2) is 0 Å². The van der Waals surface area contributed by atoms with Crippen LogP contribution in [0.2, 0.25) is 0 Å². The van der Waals surface area contributed by atoms with Gasteiger partial charge in [-0.3, -0.25) is 14.4 Å². The molecule has 0 aliphatic carbocycles. The first-order valence-corrected chi connectivity index (χ1v) is 34.7. The molecule has 83 heavy (non-hydrogen) atoms. The molecule has 0 saturated carbocycles. The van der Waals surface area contributed by atoms with Crippen molar-refractivity contribution in [1.29, 1.82) is 0 Å². The standard InChI is InChI=1S/C77H128O6/c1-4-7-10-13-16-19-22-25-28-31-34-36-38-40-43-46-49-52-55-58-61-64-67-70-76(79)82-73-74(72-81-75(78)69-66-63-60-57-54-51-48-45-42-33-30-27-24-21-18-15-12-9-6-3)83-77(80)71-68-65-62-59-56-53-50-47-44-41-39-37-35-32-29-26-23-20-17-14-11-8-5-2/h7-8,10-11,16-17,19-20,25-26,28-29,34-37,40,43,49,52,58,61,74H,4-6,9,12-15,18,21-24,27,30-33,38-39,41-42,44-48,50-51,53-57,59-60,62-73H2,1-3H3/b10-7-,11-8-,19-16-,20-17-,28-25-,29-26-,36-34-,37-35-,43-40-,52-49-,61-58-. The normalized spacial score (nSPS) is 13.0. The lowest BCUT2D eigenvalue weighted by atomic mass is 10.0. The first-order chi connectivity index (χ1) is 41.0. The minimum atomic E-state index is -0.810. The third kappa shape index (κ3) is 68.2. The molecule has 0 spiro atoms. The summed E-state index contributed by atoms with van der Waals surface area (Å²) in [6.07, 6.45) is 99.0. The molecule has 0 bridgehead atoms. The summed E-state index contributed by atoms with van der Waals surface area (Å²) >= 11 is 0. The van der Waals surface area contributed by atoms with E-state index in [9.17, 15) is 14.4 Å². The van der Waals surface area contributed by atoms with Crippen LogP contribution in [-0.4, -0.2) is 37.2 Å². The van der Waals surface area contributed by atoms with Crippen LogP contribution >= 0.6 is 0 Å². The molecular formula is C77H128O6. The van der Waals surface area contributed by atoms with Crippen molar-refractivity contribution in [2.24, 2.45) is 0 Å². The first-order valence-electron chi connectivity index (χ1n) is 34.7. The highest BCUT2D eigenvalue weighted by Crippen LogP contribution is 2.17. The molecule has 0 aliphatic heterocycles. The van der Waals surface area contributed by atoms with Gasteiger partial charge in [-0.05, 0) is 109 Å². The molecule has 0 rings (SSSR count). The molecule has 0 amide bonds. The van der Waals surface area contributed by atoms with E-state index >= 15 is 0 Å². The van der Waals surface area contributed by atoms with Crippen LogP contribution in [-0.2, 0) is 28.6 Å². The average molecular weight is 1150 g/mol. The number of esters is 3. The Morgan fingerprint density at radius 2 is 0.482 bits per heavy atom. The van der Waals surface area contributed by atoms with Gasteiger partial charge in [0.05, 0.1) is 0 Å². The Hall–Kier alpha value is -4.45. The van der Waals surface area contributed by atoms with Crippen LogP contribution in [0.25, 0.3) is 0 Å². The maximum Gasteiger partial charge on any atom is 0.306 e. The zero-order valence-electron chi connectivity index (χ0n) is 54.2. The van der Waals surface area contributed by atoms with E-state index in [1.165, 1.54) is 154 Å². The van der Waals surface area contributed by atoms with Gasteiger partial charge in [-0.15, -0.1) is 0 Å². The second-order valence-corrected chi connectivity index (χ2v) is 22.7. The van der Waals surface area contributed by atoms with Gasteiger partial charge in [0.2, 0.25) is 0 Å². The highest BCUT2D eigenvalue weighted by molar-refractivity contribution is 5.71. The highest BCUT2D eigenvalue weighted by atomic mass is 16.6. The number of ether oxygens (including phenoxy) is 3. The summed E-state index contributed by atoms with van der Waals surface area (Å²) < 4.78 is 16.9. The summed E-state index contributed by atoms with van der Waals surface area (Å²) in [4.78, 5) is 38.5. The van der Waals surface area contributed by atoms with Gasteiger partial charge in [0.25, 0.3) is 0 Å². The molecule has 0 N–H and O–H groups in total. The van der Waals surface area contributed by atoms with Gasteiger partial charge >= 0.3 is 17.9 Å². The summed E-state index contributed by atoms with van der Waals surface area (Å²) in [5.41, 5.74) is 0. The number of allylic oxidation sites excluding steroid dienone is 22. The highest BCUT2D eigenvalue weighted by Gasteiger charge is 2.19. The third-order valence-electron chi connectivity index (χ3n) is 14.7. The summed E-state index contributed by atoms with van der Waals surface area (Å²) in [5, 5.41) is 0. The molecular weight excluding hydrogens is 1020 g/mol. The molecule has 6 nitrogen and oxygen atoms in total. The first kappa shape index (κ1) is 78.5. The molecule has 0 aromatic rings. The van der Waals surface area contributed by atoms with Gasteiger partial charge in [0.15, 0.2) is 6.10 Å². The maximum atomic E-state index is 13.0. The number of carbonyl (C=O) groups is 3. The second-order valence-electron chi connectivity index (χ2n) is 22.7. The molecule has 1 unspecified atom stereocenters. The molecule has 6 heteroatoms. The Kier molecular flexibility index (Phi) is 66.3. The molecule has 0 radical (unpaired) electrons. The second kappa shape index (κ2) is 70.0. The fraction of sp³-hybridized carbons (Fsp3) is 0.675. The van der Waals surface area contributed by atoms with Crippen molar-refractivity contribution >= 4 is 17.9 Å². The van der Waals surface area contributed by atoms with Crippen LogP contribution in [0.15, 0.2) is 134 Å². The molecule has 0 aliphatic rings. The molecule has 0 aromatic carbocycles. The molecule has 0 fully saturated rings. The van der Waals surface area contributed by atoms with E-state index in [4.69, 9.17) is 14.2 Å². The summed E-state index contributed by atoms with van der Waals surface area (Å²) in [6, 6.07) is 0. The van der Waals surface area contributed by atoms with Crippen molar-refractivity contribution in [3.8, 4) is 0 Å². The van der Waals surface area contributed by atoms with E-state index in [2.05, 4.69) is 154 Å². The van der Waals surface area contributed by atoms with Crippen LogP contribution in [0.1, 0.15) is 316 Å². The van der Waals surface area contributed by atoms with Crippen LogP contribution < -0.4 is 0 Å². The molecule has 0 saturated heterocycles. The number of rotatable bonds is 62. The fourth-order valence-electron chi connectivity index (χ4n) is 9.54. The predicted octanol–water partition coefficient (Wildman–Crippen LogP) is 24.1. The summed E-state index contributed by atoms with van der Waals surface area (Å²) in [6.45, 7) is 6.40. The Labute approximate surface area is 513 Å². The molecule has 0 aromatic heterocycles. The van der Waals surface area contributed by atoms with E-state index in [1.54, 1.807) is 0 Å². The van der Waals surface area contributed by atoms with Crippen molar-refractivity contribution in [1.82, 2.24) is 0 Å². The van der Waals surface area contributed by atoms with Crippen molar-refractivity contribution < 1.29 is 28.6 Å². The quantitative estimate of drug-likeness (QED) is 0.0261. The van der Waals surface area contributed by atoms with Crippen LogP contribution in [0, 0.1) is 0 Å². The van der Waals surface area contributed by atoms with Crippen molar-refractivity contribution in [3.05, 3.63) is 134 Å². The maximum absolute atomic E-state index is 13.0. The van der Waals surface area contributed by atoms with E-state index in [0.29, 0.717) is 19.3 Å². The van der Waals surface area contributed by atoms with E-state index in [1.807, 2.05) is 0 Å². The van der Waals surface area contributed by atoms with E-state index < -0.39 is 6.10 Å². The summed E-state index contributed by atoms with van der Waals surface area (Å²) in [5.74, 6) is -0.955. The van der Waals surface area contributed by atoms with Crippen LogP contribution in [0.3, 0.4) is 0 Å². The van der Waals surface area contributed by atoms with Crippen molar-refractivity contribution in [3.63, 3.8) is 0 Å². The number of hydrogen-bond donors (Lipinski definition) is 0. The van der Waals surface area contributed by atoms with Crippen molar-refractivity contribution in [2.45, 2.75) is 322 Å². The van der Waals surface area contributed by atoms with E-state index in [-0.39, 0.29) is 37.5 Å². The topological polar surface area (TPSA) is 78.9 Å². The Balaban J connectivity index is 4.48. The van der Waals surface area contributed by atoms with Gasteiger partial charge in [-0.2, -0.15) is 0 Å². The van der Waals surface area contributed by atoms with Gasteiger partial charge in [0.1, 0.15) is 13.2 Å². The Bertz CT molecular complexity index is 1750. The summed E-state index contributed by atoms with van der Waals surface area (Å²) in [7, 11) is 0. The van der Waals surface area contributed by atoms with Crippen LogP contribution in [0.5, 0.6) is 0 Å². The zero-order chi connectivity index (χ0) is 59.9. The number of unbranched alkanes of at least 4 members (excludes halogenated alkanes) is 29. The predicted molar refractivity (Wildman–Crippen MR) is 362 cm³/mol. The number of carbonyl (C=O) groups excluding carboxylic acids is 3. The fourth-order valence-corrected chi connectivity index (χ4v) is 9.54. The smallest absolute Gasteiger partial charge is 0.306 e. The SMILES string of the molecule is CC/C=C\C/C=C\C/C=C\C/C=C\C/C=C\C/C=C\C/C=C\CCCC(=O)OCC(COC(=O)CCCCCCCCCCCCCCCCCCCCC)OC(=O)CCCCCCCCCCCC/C=C\C/C=C\C/C=C\C/C=C\CC. The van der Waals surface area contributed by atoms with Crippen molar-refractivity contribution in [2.75, 3.05) is 13.2 Å². The van der Waals surface area contributed by atoms with Gasteiger partial charge < -0.3 is 14.2 Å². The lowest BCUT2D eigenvalue weighted by molar-refractivity contribution is -0.167. The third-order valence-corrected chi connectivity index (χ3v) is 14.7.